The van der Waals surface area contributed by atoms with Gasteiger partial charge in [-0.2, -0.15) is 0 Å². The summed E-state index contributed by atoms with van der Waals surface area (Å²) in [6.07, 6.45) is 1.94. The van der Waals surface area contributed by atoms with Crippen molar-refractivity contribution < 1.29 is 9.53 Å². The first-order chi connectivity index (χ1) is 14.0. The summed E-state index contributed by atoms with van der Waals surface area (Å²) >= 11 is 1.34. The summed E-state index contributed by atoms with van der Waals surface area (Å²) in [5.41, 5.74) is 2.89. The average molecular weight is 403 g/mol. The van der Waals surface area contributed by atoms with Crippen molar-refractivity contribution in [3.05, 3.63) is 76.7 Å². The lowest BCUT2D eigenvalue weighted by Crippen LogP contribution is -2.19. The fraction of sp³-hybridized carbons (Fsp3) is 0.167. The van der Waals surface area contributed by atoms with Crippen LogP contribution in [0.5, 0.6) is 5.75 Å². The van der Waals surface area contributed by atoms with E-state index in [2.05, 4.69) is 16.4 Å². The molecule has 0 aromatic heterocycles. The van der Waals surface area contributed by atoms with Crippen molar-refractivity contribution in [2.75, 3.05) is 0 Å². The molecule has 0 spiro atoms. The van der Waals surface area contributed by atoms with Crippen LogP contribution in [0.2, 0.25) is 0 Å². The lowest BCUT2D eigenvalue weighted by molar-refractivity contribution is -0.115. The molecule has 1 aliphatic heterocycles. The Bertz CT molecular complexity index is 1130. The Morgan fingerprint density at radius 1 is 1.03 bits per heavy atom. The Labute approximate surface area is 174 Å². The van der Waals surface area contributed by atoms with Crippen LogP contribution in [-0.2, 0) is 4.79 Å². The van der Waals surface area contributed by atoms with Crippen LogP contribution in [0, 0.1) is 6.92 Å². The molecule has 1 N–H and O–H groups in total. The molecule has 0 saturated carbocycles. The van der Waals surface area contributed by atoms with Crippen LogP contribution < -0.4 is 10.1 Å². The Hall–Kier alpha value is -3.05. The van der Waals surface area contributed by atoms with Gasteiger partial charge in [0.15, 0.2) is 5.17 Å². The number of rotatable bonds is 4. The number of aliphatic imine (C=N–C) groups is 1. The highest BCUT2D eigenvalue weighted by Gasteiger charge is 2.25. The van der Waals surface area contributed by atoms with Crippen molar-refractivity contribution in [1.82, 2.24) is 5.32 Å². The van der Waals surface area contributed by atoms with Crippen LogP contribution in [0.1, 0.15) is 25.0 Å². The van der Waals surface area contributed by atoms with Gasteiger partial charge >= 0.3 is 0 Å². The quantitative estimate of drug-likeness (QED) is 0.559. The van der Waals surface area contributed by atoms with Gasteiger partial charge in [0.1, 0.15) is 5.75 Å². The predicted molar refractivity (Wildman–Crippen MR) is 122 cm³/mol. The highest BCUT2D eigenvalue weighted by molar-refractivity contribution is 8.18. The van der Waals surface area contributed by atoms with E-state index < -0.39 is 0 Å². The van der Waals surface area contributed by atoms with Gasteiger partial charge in [-0.1, -0.05) is 48.0 Å². The van der Waals surface area contributed by atoms with Crippen LogP contribution in [0.3, 0.4) is 0 Å². The van der Waals surface area contributed by atoms with Crippen molar-refractivity contribution in [3.8, 4) is 5.75 Å². The number of aryl methyl sites for hydroxylation is 1. The maximum absolute atomic E-state index is 12.6. The molecule has 3 aromatic carbocycles. The standard InChI is InChI=1S/C24H22N2O2S/c1-15(2)28-21-13-10-17-6-4-5-7-19(17)20(21)14-22-23(27)26-24(29-22)25-18-11-8-16(3)9-12-18/h4-15H,1-3H3,(H,25,26,27)/b22-14-. The molecule has 146 valence electrons. The number of nitrogens with zero attached hydrogens (tertiary/aromatic N) is 1. The van der Waals surface area contributed by atoms with Gasteiger partial charge in [0.2, 0.25) is 0 Å². The van der Waals surface area contributed by atoms with E-state index in [0.717, 1.165) is 27.8 Å². The highest BCUT2D eigenvalue weighted by atomic mass is 32.2. The van der Waals surface area contributed by atoms with Crippen molar-refractivity contribution in [1.29, 1.82) is 0 Å². The number of fused-ring (bicyclic) bond motifs is 1. The zero-order chi connectivity index (χ0) is 20.4. The topological polar surface area (TPSA) is 50.7 Å². The van der Waals surface area contributed by atoms with Gasteiger partial charge in [-0.05, 0) is 67.6 Å². The second-order valence-corrected chi connectivity index (χ2v) is 8.21. The molecule has 0 bridgehead atoms. The van der Waals surface area contributed by atoms with Crippen LogP contribution >= 0.6 is 11.8 Å². The molecule has 1 aliphatic rings. The minimum atomic E-state index is -0.149. The zero-order valence-electron chi connectivity index (χ0n) is 16.6. The van der Waals surface area contributed by atoms with Gasteiger partial charge in [0, 0.05) is 5.56 Å². The number of hydrogen-bond acceptors (Lipinski definition) is 4. The monoisotopic (exact) mass is 402 g/mol. The molecule has 1 amide bonds. The first-order valence-corrected chi connectivity index (χ1v) is 10.4. The highest BCUT2D eigenvalue weighted by Crippen LogP contribution is 2.35. The molecule has 4 nitrogen and oxygen atoms in total. The SMILES string of the molecule is Cc1ccc(N=C2NC(=O)/C(=C/c3c(OC(C)C)ccc4ccccc34)S2)cc1. The number of nitrogens with one attached hydrogen (secondary N) is 1. The number of thioether (sulfide) groups is 1. The van der Waals surface area contributed by atoms with Crippen molar-refractivity contribution in [2.45, 2.75) is 26.9 Å². The van der Waals surface area contributed by atoms with Crippen LogP contribution in [-0.4, -0.2) is 17.2 Å². The third-order valence-corrected chi connectivity index (χ3v) is 5.39. The van der Waals surface area contributed by atoms with Gasteiger partial charge in [0.25, 0.3) is 5.91 Å². The lowest BCUT2D eigenvalue weighted by Gasteiger charge is -2.14. The van der Waals surface area contributed by atoms with E-state index in [-0.39, 0.29) is 12.0 Å². The van der Waals surface area contributed by atoms with E-state index in [0.29, 0.717) is 10.1 Å². The molecule has 1 heterocycles. The number of ether oxygens (including phenoxy) is 1. The van der Waals surface area contributed by atoms with Gasteiger partial charge < -0.3 is 10.1 Å². The summed E-state index contributed by atoms with van der Waals surface area (Å²) in [4.78, 5) is 17.7. The summed E-state index contributed by atoms with van der Waals surface area (Å²) in [6.45, 7) is 6.02. The molecule has 0 atom stereocenters. The zero-order valence-corrected chi connectivity index (χ0v) is 17.4. The first kappa shape index (κ1) is 19.3. The van der Waals surface area contributed by atoms with Crippen LogP contribution in [0.4, 0.5) is 5.69 Å². The first-order valence-electron chi connectivity index (χ1n) is 9.54. The van der Waals surface area contributed by atoms with Crippen LogP contribution in [0.15, 0.2) is 70.6 Å². The average Bonchev–Trinajstić information content (AvgIpc) is 3.04. The molecule has 4 rings (SSSR count). The van der Waals surface area contributed by atoms with Crippen LogP contribution in [0.25, 0.3) is 16.8 Å². The molecule has 3 aromatic rings. The molecule has 29 heavy (non-hydrogen) atoms. The fourth-order valence-corrected chi connectivity index (χ4v) is 3.95. The summed E-state index contributed by atoms with van der Waals surface area (Å²) < 4.78 is 6.02. The van der Waals surface area contributed by atoms with Gasteiger partial charge in [0.05, 0.1) is 16.7 Å². The maximum Gasteiger partial charge on any atom is 0.264 e. The van der Waals surface area contributed by atoms with Crippen molar-refractivity contribution in [2.24, 2.45) is 4.99 Å². The minimum Gasteiger partial charge on any atom is -0.490 e. The summed E-state index contributed by atoms with van der Waals surface area (Å²) in [5.74, 6) is 0.618. The maximum atomic E-state index is 12.6. The molecule has 0 unspecified atom stereocenters. The number of hydrogen-bond donors (Lipinski definition) is 1. The second kappa shape index (κ2) is 8.13. The summed E-state index contributed by atoms with van der Waals surface area (Å²) in [5, 5.41) is 5.60. The number of amidine groups is 1. The summed E-state index contributed by atoms with van der Waals surface area (Å²) in [7, 11) is 0. The lowest BCUT2D eigenvalue weighted by atomic mass is 10.0. The molecule has 1 fully saturated rings. The number of carbonyl (C=O) groups is 1. The van der Waals surface area contributed by atoms with Gasteiger partial charge in [-0.3, -0.25) is 4.79 Å². The smallest absolute Gasteiger partial charge is 0.264 e. The Morgan fingerprint density at radius 2 is 1.79 bits per heavy atom. The minimum absolute atomic E-state index is 0.0389. The van der Waals surface area contributed by atoms with E-state index in [4.69, 9.17) is 4.74 Å². The number of carbonyl (C=O) groups excluding carboxylic acids is 1. The van der Waals surface area contributed by atoms with E-state index >= 15 is 0 Å². The van der Waals surface area contributed by atoms with Gasteiger partial charge in [-0.15, -0.1) is 0 Å². The molecule has 5 heteroatoms. The fourth-order valence-electron chi connectivity index (χ4n) is 3.13. The Morgan fingerprint density at radius 3 is 2.55 bits per heavy atom. The second-order valence-electron chi connectivity index (χ2n) is 7.18. The van der Waals surface area contributed by atoms with Gasteiger partial charge in [-0.25, -0.2) is 4.99 Å². The Kier molecular flexibility index (Phi) is 5.41. The molecular formula is C24H22N2O2S. The normalized spacial score (nSPS) is 16.8. The molecule has 0 aliphatic carbocycles. The van der Waals surface area contributed by atoms with E-state index in [1.54, 1.807) is 0 Å². The third-order valence-electron chi connectivity index (χ3n) is 4.48. The molecular weight excluding hydrogens is 380 g/mol. The van der Waals surface area contributed by atoms with Crippen molar-refractivity contribution in [3.63, 3.8) is 0 Å². The number of benzene rings is 3. The van der Waals surface area contributed by atoms with Crippen molar-refractivity contribution >= 4 is 45.4 Å². The van der Waals surface area contributed by atoms with E-state index in [9.17, 15) is 4.79 Å². The third kappa shape index (κ3) is 4.35. The number of amides is 1. The summed E-state index contributed by atoms with van der Waals surface area (Å²) in [6, 6.07) is 20.0. The largest absolute Gasteiger partial charge is 0.490 e. The predicted octanol–water partition coefficient (Wildman–Crippen LogP) is 5.83. The Balaban J connectivity index is 1.72. The van der Waals surface area contributed by atoms with E-state index in [1.165, 1.54) is 17.3 Å². The molecule has 0 radical (unpaired) electrons. The molecule has 1 saturated heterocycles. The van der Waals surface area contributed by atoms with E-state index in [1.807, 2.05) is 81.4 Å².